The van der Waals surface area contributed by atoms with Crippen LogP contribution in [0.25, 0.3) is 0 Å². The van der Waals surface area contributed by atoms with E-state index in [1.54, 1.807) is 6.20 Å². The molecule has 0 aromatic carbocycles. The summed E-state index contributed by atoms with van der Waals surface area (Å²) in [7, 11) is 0. The lowest BCUT2D eigenvalue weighted by atomic mass is 9.91. The van der Waals surface area contributed by atoms with Gasteiger partial charge in [0.25, 0.3) is 0 Å². The number of hydrogen-bond donors (Lipinski definition) is 2. The van der Waals surface area contributed by atoms with E-state index in [2.05, 4.69) is 19.9 Å². The topological polar surface area (TPSA) is 91.6 Å². The number of rotatable bonds is 5. The third kappa shape index (κ3) is 3.88. The Hall–Kier alpha value is -2.25. The van der Waals surface area contributed by atoms with E-state index in [1.165, 1.54) is 6.33 Å². The Bertz CT molecular complexity index is 717. The fourth-order valence-electron chi connectivity index (χ4n) is 3.17. The third-order valence-corrected chi connectivity index (χ3v) is 4.75. The molecule has 1 atom stereocenters. The fraction of sp³-hybridized carbons (Fsp3) is 0.500. The molecule has 134 valence electrons. The summed E-state index contributed by atoms with van der Waals surface area (Å²) in [6, 6.07) is 3.70. The van der Waals surface area contributed by atoms with Crippen LogP contribution in [-0.2, 0) is 0 Å². The number of anilines is 1. The van der Waals surface area contributed by atoms with Crippen LogP contribution in [0.1, 0.15) is 24.1 Å². The number of aliphatic hydroxyl groups excluding tert-OH is 2. The molecule has 1 aliphatic rings. The Labute approximate surface area is 147 Å². The van der Waals surface area contributed by atoms with Crippen molar-refractivity contribution in [2.45, 2.75) is 32.8 Å². The molecule has 0 radical (unpaired) electrons. The molecule has 7 nitrogen and oxygen atoms in total. The molecule has 7 heteroatoms. The predicted molar refractivity (Wildman–Crippen MR) is 93.8 cm³/mol. The van der Waals surface area contributed by atoms with Crippen LogP contribution < -0.4 is 9.64 Å². The average molecular weight is 344 g/mol. The number of ether oxygens (including phenoxy) is 1. The van der Waals surface area contributed by atoms with Crippen LogP contribution in [0.5, 0.6) is 11.6 Å². The van der Waals surface area contributed by atoms with Crippen molar-refractivity contribution in [2.24, 2.45) is 5.92 Å². The summed E-state index contributed by atoms with van der Waals surface area (Å²) in [5, 5.41) is 18.9. The molecule has 2 aromatic heterocycles. The van der Waals surface area contributed by atoms with E-state index >= 15 is 0 Å². The Morgan fingerprint density at radius 1 is 1.24 bits per heavy atom. The van der Waals surface area contributed by atoms with Gasteiger partial charge < -0.3 is 19.8 Å². The normalized spacial score (nSPS) is 16.7. The minimum Gasteiger partial charge on any atom is -0.437 e. The summed E-state index contributed by atoms with van der Waals surface area (Å²) in [5.41, 5.74) is 1.69. The molecule has 1 fully saturated rings. The molecule has 1 saturated heterocycles. The molecule has 25 heavy (non-hydrogen) atoms. The minimum atomic E-state index is -0.638. The Morgan fingerprint density at radius 2 is 2.00 bits per heavy atom. The third-order valence-electron chi connectivity index (χ3n) is 4.75. The number of nitrogens with zero attached hydrogens (tertiary/aromatic N) is 4. The first-order chi connectivity index (χ1) is 12.1. The maximum atomic E-state index is 9.81. The maximum Gasteiger partial charge on any atom is 0.227 e. The van der Waals surface area contributed by atoms with Crippen molar-refractivity contribution in [2.75, 3.05) is 24.6 Å². The second-order valence-corrected chi connectivity index (χ2v) is 6.39. The van der Waals surface area contributed by atoms with E-state index in [-0.39, 0.29) is 12.5 Å². The minimum absolute atomic E-state index is 0.136. The largest absolute Gasteiger partial charge is 0.437 e. The molecular weight excluding hydrogens is 320 g/mol. The summed E-state index contributed by atoms with van der Waals surface area (Å²) >= 11 is 0. The van der Waals surface area contributed by atoms with Crippen molar-refractivity contribution in [3.63, 3.8) is 0 Å². The number of aryl methyl sites for hydroxylation is 1. The number of aromatic nitrogens is 3. The lowest BCUT2D eigenvalue weighted by Gasteiger charge is -2.35. The van der Waals surface area contributed by atoms with Crippen LogP contribution in [0.3, 0.4) is 0 Å². The second kappa shape index (κ2) is 7.76. The summed E-state index contributed by atoms with van der Waals surface area (Å²) in [6.45, 7) is 5.23. The van der Waals surface area contributed by atoms with Gasteiger partial charge in [-0.3, -0.25) is 4.98 Å². The van der Waals surface area contributed by atoms with Gasteiger partial charge in [-0.2, -0.15) is 0 Å². The van der Waals surface area contributed by atoms with Crippen LogP contribution in [0.15, 0.2) is 24.7 Å². The second-order valence-electron chi connectivity index (χ2n) is 6.39. The van der Waals surface area contributed by atoms with E-state index in [0.717, 1.165) is 43.0 Å². The van der Waals surface area contributed by atoms with E-state index < -0.39 is 6.10 Å². The molecule has 0 bridgehead atoms. The van der Waals surface area contributed by atoms with E-state index in [4.69, 9.17) is 9.84 Å². The van der Waals surface area contributed by atoms with E-state index in [0.29, 0.717) is 11.6 Å². The zero-order chi connectivity index (χ0) is 17.8. The van der Waals surface area contributed by atoms with Gasteiger partial charge >= 0.3 is 0 Å². The summed E-state index contributed by atoms with van der Waals surface area (Å²) < 4.78 is 5.93. The van der Waals surface area contributed by atoms with Crippen molar-refractivity contribution < 1.29 is 14.9 Å². The van der Waals surface area contributed by atoms with Gasteiger partial charge in [0.15, 0.2) is 5.75 Å². The highest BCUT2D eigenvalue weighted by Gasteiger charge is 2.26. The zero-order valence-electron chi connectivity index (χ0n) is 14.6. The Kier molecular flexibility index (Phi) is 5.45. The molecule has 2 aromatic rings. The lowest BCUT2D eigenvalue weighted by Crippen LogP contribution is -2.39. The molecule has 1 unspecified atom stereocenters. The molecule has 0 amide bonds. The number of pyridine rings is 1. The van der Waals surface area contributed by atoms with Gasteiger partial charge in [-0.1, -0.05) is 0 Å². The maximum absolute atomic E-state index is 9.81. The Morgan fingerprint density at radius 3 is 2.68 bits per heavy atom. The van der Waals surface area contributed by atoms with Crippen molar-refractivity contribution in [3.05, 3.63) is 35.9 Å². The first-order valence-electron chi connectivity index (χ1n) is 8.55. The summed E-state index contributed by atoms with van der Waals surface area (Å²) in [5.74, 6) is 2.19. The highest BCUT2D eigenvalue weighted by Crippen LogP contribution is 2.31. The molecule has 3 rings (SSSR count). The van der Waals surface area contributed by atoms with Crippen molar-refractivity contribution >= 4 is 5.82 Å². The standard InChI is InChI=1S/C18H24N4O3/c1-12-17(22-8-5-14(6-9-22)15(24)10-23)20-11-21-18(12)25-16-4-3-7-19-13(16)2/h3-4,7,11,14-15,23-24H,5-6,8-10H2,1-2H3. The number of aliphatic hydroxyl groups is 2. The van der Waals surface area contributed by atoms with Gasteiger partial charge in [0.05, 0.1) is 24.0 Å². The molecule has 0 aliphatic carbocycles. The van der Waals surface area contributed by atoms with Gasteiger partial charge in [-0.15, -0.1) is 0 Å². The number of piperidine rings is 1. The lowest BCUT2D eigenvalue weighted by molar-refractivity contribution is 0.0376. The van der Waals surface area contributed by atoms with Crippen LogP contribution in [-0.4, -0.2) is 51.0 Å². The smallest absolute Gasteiger partial charge is 0.227 e. The van der Waals surface area contributed by atoms with Crippen molar-refractivity contribution in [3.8, 4) is 11.6 Å². The van der Waals surface area contributed by atoms with Gasteiger partial charge in [-0.25, -0.2) is 9.97 Å². The fourth-order valence-corrected chi connectivity index (χ4v) is 3.17. The summed E-state index contributed by atoms with van der Waals surface area (Å²) in [6.07, 6.45) is 4.25. The van der Waals surface area contributed by atoms with E-state index in [9.17, 15) is 5.11 Å². The van der Waals surface area contributed by atoms with Gasteiger partial charge in [0.2, 0.25) is 5.88 Å². The highest BCUT2D eigenvalue weighted by atomic mass is 16.5. The average Bonchev–Trinajstić information content (AvgIpc) is 2.65. The first kappa shape index (κ1) is 17.6. The van der Waals surface area contributed by atoms with E-state index in [1.807, 2.05) is 26.0 Å². The quantitative estimate of drug-likeness (QED) is 0.855. The predicted octanol–water partition coefficient (Wildman–Crippen LogP) is 1.85. The molecule has 1 aliphatic heterocycles. The molecule has 3 heterocycles. The van der Waals surface area contributed by atoms with Crippen LogP contribution in [0.4, 0.5) is 5.82 Å². The van der Waals surface area contributed by atoms with Crippen molar-refractivity contribution in [1.82, 2.24) is 15.0 Å². The monoisotopic (exact) mass is 344 g/mol. The van der Waals surface area contributed by atoms with Crippen LogP contribution in [0.2, 0.25) is 0 Å². The van der Waals surface area contributed by atoms with Gasteiger partial charge in [0.1, 0.15) is 12.1 Å². The van der Waals surface area contributed by atoms with Crippen LogP contribution in [0, 0.1) is 19.8 Å². The molecule has 0 spiro atoms. The number of hydrogen-bond acceptors (Lipinski definition) is 7. The highest BCUT2D eigenvalue weighted by molar-refractivity contribution is 5.51. The molecular formula is C18H24N4O3. The zero-order valence-corrected chi connectivity index (χ0v) is 14.6. The van der Waals surface area contributed by atoms with Crippen molar-refractivity contribution in [1.29, 1.82) is 0 Å². The molecule has 2 N–H and O–H groups in total. The Balaban J connectivity index is 1.75. The van der Waals surface area contributed by atoms with Crippen LogP contribution >= 0.6 is 0 Å². The van der Waals surface area contributed by atoms with Gasteiger partial charge in [0, 0.05) is 19.3 Å². The first-order valence-corrected chi connectivity index (χ1v) is 8.55. The summed E-state index contributed by atoms with van der Waals surface area (Å²) in [4.78, 5) is 15.1. The SMILES string of the molecule is Cc1ncccc1Oc1ncnc(N2CCC(C(O)CO)CC2)c1C. The van der Waals surface area contributed by atoms with Gasteiger partial charge in [-0.05, 0) is 44.7 Å². The molecule has 0 saturated carbocycles.